The topological polar surface area (TPSA) is 53.1 Å². The molecule has 96 valence electrons. The van der Waals surface area contributed by atoms with Gasteiger partial charge in [-0.05, 0) is 49.8 Å². The van der Waals surface area contributed by atoms with E-state index in [1.54, 1.807) is 6.07 Å². The van der Waals surface area contributed by atoms with Crippen LogP contribution in [-0.2, 0) is 0 Å². The predicted molar refractivity (Wildman–Crippen MR) is 70.5 cm³/mol. The summed E-state index contributed by atoms with van der Waals surface area (Å²) in [7, 11) is 0. The van der Waals surface area contributed by atoms with Crippen molar-refractivity contribution in [3.05, 3.63) is 29.6 Å². The average molecular weight is 247 g/mol. The molecular weight excluding hydrogens is 229 g/mol. The third kappa shape index (κ3) is 2.33. The number of nitrogens with zero attached hydrogens (tertiary/aromatic N) is 1. The van der Waals surface area contributed by atoms with Crippen LogP contribution in [0.2, 0.25) is 0 Å². The highest BCUT2D eigenvalue weighted by atomic mass is 19.1. The smallest absolute Gasteiger partial charge is 0.125 e. The average Bonchev–Trinajstić information content (AvgIpc) is 3.19. The van der Waals surface area contributed by atoms with E-state index in [0.717, 1.165) is 18.2 Å². The molecule has 0 bridgehead atoms. The normalized spacial score (nSPS) is 18.7. The number of nitrogens with two attached hydrogens (primary N) is 1. The number of hydrogen-bond acceptors (Lipinski definition) is 2. The second-order valence-corrected chi connectivity index (χ2v) is 5.40. The summed E-state index contributed by atoms with van der Waals surface area (Å²) in [5.41, 5.74) is 7.04. The van der Waals surface area contributed by atoms with E-state index in [-0.39, 0.29) is 11.7 Å². The van der Waals surface area contributed by atoms with Gasteiger partial charge in [-0.3, -0.25) is 5.41 Å². The van der Waals surface area contributed by atoms with Crippen LogP contribution in [0.15, 0.2) is 18.2 Å². The van der Waals surface area contributed by atoms with Crippen LogP contribution in [-0.4, -0.2) is 18.4 Å². The summed E-state index contributed by atoms with van der Waals surface area (Å²) in [6.07, 6.45) is 4.97. The summed E-state index contributed by atoms with van der Waals surface area (Å²) in [6.45, 7) is 1.02. The highest BCUT2D eigenvalue weighted by molar-refractivity contribution is 6.00. The van der Waals surface area contributed by atoms with Crippen molar-refractivity contribution in [2.75, 3.05) is 11.4 Å². The number of anilines is 1. The van der Waals surface area contributed by atoms with Gasteiger partial charge < -0.3 is 10.6 Å². The van der Waals surface area contributed by atoms with E-state index in [4.69, 9.17) is 11.1 Å². The van der Waals surface area contributed by atoms with Crippen molar-refractivity contribution in [2.24, 2.45) is 11.7 Å². The van der Waals surface area contributed by atoms with E-state index < -0.39 is 0 Å². The quantitative estimate of drug-likeness (QED) is 0.620. The summed E-state index contributed by atoms with van der Waals surface area (Å²) in [5, 5.41) is 7.61. The standard InChI is InChI=1S/C14H18FN3/c15-10-3-6-13(12(7-10)14(16)17)18(11-4-5-11)8-9-1-2-9/h3,6-7,9,11H,1-2,4-5,8H2,(H3,16,17). The van der Waals surface area contributed by atoms with Crippen LogP contribution in [0, 0.1) is 17.1 Å². The number of nitrogen functional groups attached to an aromatic ring is 1. The second kappa shape index (κ2) is 4.26. The molecule has 3 nitrogen and oxygen atoms in total. The molecule has 0 aromatic heterocycles. The third-order valence-electron chi connectivity index (χ3n) is 3.70. The van der Waals surface area contributed by atoms with Gasteiger partial charge in [0.15, 0.2) is 0 Å². The first-order chi connectivity index (χ1) is 8.65. The van der Waals surface area contributed by atoms with Gasteiger partial charge in [-0.1, -0.05) is 0 Å². The Morgan fingerprint density at radius 2 is 2.06 bits per heavy atom. The maximum Gasteiger partial charge on any atom is 0.125 e. The van der Waals surface area contributed by atoms with Crippen LogP contribution < -0.4 is 10.6 Å². The molecular formula is C14H18FN3. The lowest BCUT2D eigenvalue weighted by Crippen LogP contribution is -2.30. The number of rotatable bonds is 5. The number of halogens is 1. The number of hydrogen-bond donors (Lipinski definition) is 2. The molecule has 2 saturated carbocycles. The molecule has 0 radical (unpaired) electrons. The van der Waals surface area contributed by atoms with Crippen molar-refractivity contribution in [2.45, 2.75) is 31.7 Å². The van der Waals surface area contributed by atoms with Gasteiger partial charge in [0.2, 0.25) is 0 Å². The molecule has 0 amide bonds. The van der Waals surface area contributed by atoms with Crippen LogP contribution in [0.5, 0.6) is 0 Å². The zero-order chi connectivity index (χ0) is 12.7. The van der Waals surface area contributed by atoms with Crippen LogP contribution in [0.3, 0.4) is 0 Å². The molecule has 2 aliphatic rings. The predicted octanol–water partition coefficient (Wildman–Crippen LogP) is 2.49. The first-order valence-corrected chi connectivity index (χ1v) is 6.55. The lowest BCUT2D eigenvalue weighted by atomic mass is 10.1. The van der Waals surface area contributed by atoms with Crippen molar-refractivity contribution < 1.29 is 4.39 Å². The molecule has 0 aliphatic heterocycles. The number of amidine groups is 1. The van der Waals surface area contributed by atoms with Crippen molar-refractivity contribution in [1.82, 2.24) is 0 Å². The Labute approximate surface area is 106 Å². The van der Waals surface area contributed by atoms with Gasteiger partial charge in [0, 0.05) is 23.8 Å². The fourth-order valence-corrected chi connectivity index (χ4v) is 2.38. The van der Waals surface area contributed by atoms with Gasteiger partial charge in [-0.15, -0.1) is 0 Å². The molecule has 2 fully saturated rings. The Morgan fingerprint density at radius 3 is 2.61 bits per heavy atom. The lowest BCUT2D eigenvalue weighted by molar-refractivity contribution is 0.626. The molecule has 0 unspecified atom stereocenters. The second-order valence-electron chi connectivity index (χ2n) is 5.40. The Balaban J connectivity index is 1.93. The summed E-state index contributed by atoms with van der Waals surface area (Å²) in [6, 6.07) is 5.17. The third-order valence-corrected chi connectivity index (χ3v) is 3.70. The van der Waals surface area contributed by atoms with E-state index in [9.17, 15) is 4.39 Å². The first kappa shape index (κ1) is 11.5. The fourth-order valence-electron chi connectivity index (χ4n) is 2.38. The van der Waals surface area contributed by atoms with Crippen molar-refractivity contribution in [3.8, 4) is 0 Å². The Kier molecular flexibility index (Phi) is 2.73. The van der Waals surface area contributed by atoms with Gasteiger partial charge in [-0.25, -0.2) is 4.39 Å². The van der Waals surface area contributed by atoms with E-state index >= 15 is 0 Å². The largest absolute Gasteiger partial charge is 0.384 e. The highest BCUT2D eigenvalue weighted by Crippen LogP contribution is 2.38. The monoisotopic (exact) mass is 247 g/mol. The Hall–Kier alpha value is -1.58. The number of nitrogens with one attached hydrogen (secondary N) is 1. The van der Waals surface area contributed by atoms with Gasteiger partial charge in [0.1, 0.15) is 11.7 Å². The van der Waals surface area contributed by atoms with Crippen molar-refractivity contribution in [1.29, 1.82) is 5.41 Å². The summed E-state index contributed by atoms with van der Waals surface area (Å²) in [4.78, 5) is 2.33. The van der Waals surface area contributed by atoms with Crippen molar-refractivity contribution in [3.63, 3.8) is 0 Å². The molecule has 1 aromatic rings. The maximum atomic E-state index is 13.3. The summed E-state index contributed by atoms with van der Waals surface area (Å²) >= 11 is 0. The van der Waals surface area contributed by atoms with E-state index in [2.05, 4.69) is 4.90 Å². The summed E-state index contributed by atoms with van der Waals surface area (Å²) in [5.74, 6) is 0.396. The minimum absolute atomic E-state index is 0.0500. The molecule has 3 rings (SSSR count). The van der Waals surface area contributed by atoms with E-state index in [1.807, 2.05) is 0 Å². The van der Waals surface area contributed by atoms with E-state index in [0.29, 0.717) is 11.6 Å². The Bertz CT molecular complexity index is 478. The van der Waals surface area contributed by atoms with Gasteiger partial charge >= 0.3 is 0 Å². The molecule has 0 atom stereocenters. The zero-order valence-corrected chi connectivity index (χ0v) is 10.3. The maximum absolute atomic E-state index is 13.3. The SMILES string of the molecule is N=C(N)c1cc(F)ccc1N(CC1CC1)C1CC1. The van der Waals surface area contributed by atoms with Crippen LogP contribution in [0.4, 0.5) is 10.1 Å². The first-order valence-electron chi connectivity index (χ1n) is 6.55. The lowest BCUT2D eigenvalue weighted by Gasteiger charge is -2.27. The summed E-state index contributed by atoms with van der Waals surface area (Å²) < 4.78 is 13.3. The number of benzene rings is 1. The van der Waals surface area contributed by atoms with E-state index in [1.165, 1.54) is 37.8 Å². The molecule has 3 N–H and O–H groups in total. The molecule has 0 spiro atoms. The van der Waals surface area contributed by atoms with Crippen LogP contribution in [0.1, 0.15) is 31.2 Å². The minimum atomic E-state index is -0.328. The fraction of sp³-hybridized carbons (Fsp3) is 0.500. The van der Waals surface area contributed by atoms with Crippen LogP contribution >= 0.6 is 0 Å². The van der Waals surface area contributed by atoms with Gasteiger partial charge in [0.25, 0.3) is 0 Å². The van der Waals surface area contributed by atoms with Gasteiger partial charge in [-0.2, -0.15) is 0 Å². The molecule has 18 heavy (non-hydrogen) atoms. The van der Waals surface area contributed by atoms with Crippen LogP contribution in [0.25, 0.3) is 0 Å². The molecule has 4 heteroatoms. The highest BCUT2D eigenvalue weighted by Gasteiger charge is 2.35. The Morgan fingerprint density at radius 1 is 1.33 bits per heavy atom. The van der Waals surface area contributed by atoms with Crippen molar-refractivity contribution >= 4 is 11.5 Å². The molecule has 0 heterocycles. The molecule has 2 aliphatic carbocycles. The zero-order valence-electron chi connectivity index (χ0n) is 10.3. The molecule has 0 saturated heterocycles. The molecule has 1 aromatic carbocycles. The van der Waals surface area contributed by atoms with Gasteiger partial charge in [0.05, 0.1) is 0 Å². The minimum Gasteiger partial charge on any atom is -0.384 e.